The van der Waals surface area contributed by atoms with E-state index < -0.39 is 0 Å². The molecule has 0 bridgehead atoms. The molecule has 0 N–H and O–H groups in total. The van der Waals surface area contributed by atoms with Crippen LogP contribution in [0.5, 0.6) is 0 Å². The summed E-state index contributed by atoms with van der Waals surface area (Å²) in [5.41, 5.74) is 2.88. The molecule has 3 aromatic heterocycles. The molecule has 1 aliphatic rings. The smallest absolute Gasteiger partial charge is 0.197 e. The zero-order chi connectivity index (χ0) is 19.3. The SMILES string of the molecule is C[C@@H]1CCc2c(sc3ncn4c(SCC(=O)c5ccc(Cl)cc5)nnc4c23)C1. The van der Waals surface area contributed by atoms with Crippen LogP contribution in [0.25, 0.3) is 15.9 Å². The van der Waals surface area contributed by atoms with Gasteiger partial charge in [0.05, 0.1) is 11.1 Å². The van der Waals surface area contributed by atoms with Gasteiger partial charge in [-0.25, -0.2) is 4.98 Å². The Morgan fingerprint density at radius 1 is 1.32 bits per heavy atom. The number of thioether (sulfide) groups is 1. The highest BCUT2D eigenvalue weighted by atomic mass is 35.5. The van der Waals surface area contributed by atoms with Crippen LogP contribution in [0.1, 0.15) is 34.1 Å². The van der Waals surface area contributed by atoms with Gasteiger partial charge in [0.15, 0.2) is 16.6 Å². The molecule has 0 radical (unpaired) electrons. The average molecular weight is 429 g/mol. The van der Waals surface area contributed by atoms with Crippen LogP contribution in [0.2, 0.25) is 5.02 Å². The van der Waals surface area contributed by atoms with E-state index in [-0.39, 0.29) is 5.78 Å². The number of ketones is 1. The minimum Gasteiger partial charge on any atom is -0.293 e. The van der Waals surface area contributed by atoms with Gasteiger partial charge in [-0.1, -0.05) is 30.3 Å². The maximum atomic E-state index is 12.4. The number of aromatic nitrogens is 4. The van der Waals surface area contributed by atoms with Gasteiger partial charge < -0.3 is 0 Å². The molecule has 0 amide bonds. The van der Waals surface area contributed by atoms with E-state index in [9.17, 15) is 4.79 Å². The quantitative estimate of drug-likeness (QED) is 0.334. The van der Waals surface area contributed by atoms with E-state index in [0.717, 1.165) is 34.6 Å². The zero-order valence-corrected chi connectivity index (χ0v) is 17.6. The Balaban J connectivity index is 1.45. The Kier molecular flexibility index (Phi) is 4.61. The summed E-state index contributed by atoms with van der Waals surface area (Å²) in [5.74, 6) is 1.05. The van der Waals surface area contributed by atoms with Gasteiger partial charge in [-0.05, 0) is 55.0 Å². The first-order chi connectivity index (χ1) is 13.6. The van der Waals surface area contributed by atoms with Gasteiger partial charge in [0.1, 0.15) is 11.2 Å². The number of benzene rings is 1. The van der Waals surface area contributed by atoms with Gasteiger partial charge in [-0.15, -0.1) is 21.5 Å². The monoisotopic (exact) mass is 428 g/mol. The molecule has 4 aromatic rings. The average Bonchev–Trinajstić information content (AvgIpc) is 3.26. The Labute approximate surface area is 175 Å². The van der Waals surface area contributed by atoms with Crippen molar-refractivity contribution in [3.05, 3.63) is 51.6 Å². The molecule has 0 saturated heterocycles. The first-order valence-electron chi connectivity index (χ1n) is 9.15. The van der Waals surface area contributed by atoms with E-state index in [2.05, 4.69) is 22.1 Å². The van der Waals surface area contributed by atoms with Crippen molar-refractivity contribution in [1.82, 2.24) is 19.6 Å². The number of nitrogens with zero attached hydrogens (tertiary/aromatic N) is 4. The maximum absolute atomic E-state index is 12.4. The lowest BCUT2D eigenvalue weighted by Crippen LogP contribution is -2.08. The van der Waals surface area contributed by atoms with Gasteiger partial charge in [-0.2, -0.15) is 0 Å². The van der Waals surface area contributed by atoms with E-state index in [0.29, 0.717) is 21.5 Å². The Morgan fingerprint density at radius 3 is 2.96 bits per heavy atom. The highest BCUT2D eigenvalue weighted by Crippen LogP contribution is 2.39. The number of carbonyl (C=O) groups is 1. The molecule has 0 spiro atoms. The lowest BCUT2D eigenvalue weighted by Gasteiger charge is -2.17. The zero-order valence-electron chi connectivity index (χ0n) is 15.2. The Morgan fingerprint density at radius 2 is 2.14 bits per heavy atom. The number of Topliss-reactive ketones (excluding diaryl/α,β-unsaturated/α-hetero) is 1. The number of fused-ring (bicyclic) bond motifs is 5. The van der Waals surface area contributed by atoms with Crippen molar-refractivity contribution in [2.24, 2.45) is 5.92 Å². The number of rotatable bonds is 4. The van der Waals surface area contributed by atoms with Crippen LogP contribution in [0.4, 0.5) is 0 Å². The predicted octanol–water partition coefficient (Wildman–Crippen LogP) is 5.09. The van der Waals surface area contributed by atoms with E-state index in [1.807, 2.05) is 4.40 Å². The molecule has 5 nitrogen and oxygen atoms in total. The minimum atomic E-state index is 0.0364. The summed E-state index contributed by atoms with van der Waals surface area (Å²) in [7, 11) is 0. The lowest BCUT2D eigenvalue weighted by atomic mass is 9.89. The molecule has 1 atom stereocenters. The number of thiophene rings is 1. The normalized spacial score (nSPS) is 16.6. The van der Waals surface area contributed by atoms with Crippen molar-refractivity contribution < 1.29 is 4.79 Å². The van der Waals surface area contributed by atoms with E-state index >= 15 is 0 Å². The molecule has 0 aliphatic heterocycles. The van der Waals surface area contributed by atoms with Gasteiger partial charge >= 0.3 is 0 Å². The van der Waals surface area contributed by atoms with E-state index in [4.69, 9.17) is 11.6 Å². The first kappa shape index (κ1) is 18.1. The number of carbonyl (C=O) groups excluding carboxylic acids is 1. The van der Waals surface area contributed by atoms with Crippen LogP contribution in [-0.4, -0.2) is 31.1 Å². The highest BCUT2D eigenvalue weighted by molar-refractivity contribution is 7.99. The van der Waals surface area contributed by atoms with Crippen LogP contribution >= 0.6 is 34.7 Å². The number of halogens is 1. The second-order valence-electron chi connectivity index (χ2n) is 7.17. The summed E-state index contributed by atoms with van der Waals surface area (Å²) >= 11 is 9.06. The molecule has 28 heavy (non-hydrogen) atoms. The molecule has 3 heterocycles. The number of aryl methyl sites for hydroxylation is 1. The molecule has 1 aliphatic carbocycles. The fourth-order valence-corrected chi connectivity index (χ4v) is 5.94. The molecule has 142 valence electrons. The summed E-state index contributed by atoms with van der Waals surface area (Å²) in [6.07, 6.45) is 5.17. The third-order valence-electron chi connectivity index (χ3n) is 5.17. The highest BCUT2D eigenvalue weighted by Gasteiger charge is 2.24. The molecule has 5 rings (SSSR count). The standard InChI is InChI=1S/C20H17ClN4OS2/c1-11-2-7-14-16(8-11)28-19-17(14)18-23-24-20(25(18)10-22-19)27-9-15(26)12-3-5-13(21)6-4-12/h3-6,10-11H,2,7-9H2,1H3/t11-/m1/s1. The third-order valence-corrected chi connectivity index (χ3v) is 7.53. The molecule has 1 aromatic carbocycles. The van der Waals surface area contributed by atoms with Gasteiger partial charge in [0, 0.05) is 15.5 Å². The lowest BCUT2D eigenvalue weighted by molar-refractivity contribution is 0.102. The van der Waals surface area contributed by atoms with Crippen LogP contribution in [0.15, 0.2) is 35.7 Å². The molecule has 0 unspecified atom stereocenters. The summed E-state index contributed by atoms with van der Waals surface area (Å²) in [6.45, 7) is 2.31. The topological polar surface area (TPSA) is 60.2 Å². The summed E-state index contributed by atoms with van der Waals surface area (Å²) in [4.78, 5) is 19.6. The van der Waals surface area contributed by atoms with E-state index in [1.165, 1.54) is 28.6 Å². The van der Waals surface area contributed by atoms with Crippen molar-refractivity contribution >= 4 is 56.3 Å². The third kappa shape index (κ3) is 3.11. The van der Waals surface area contributed by atoms with Gasteiger partial charge in [-0.3, -0.25) is 9.20 Å². The van der Waals surface area contributed by atoms with Crippen LogP contribution in [0.3, 0.4) is 0 Å². The van der Waals surface area contributed by atoms with Crippen molar-refractivity contribution in [2.75, 3.05) is 5.75 Å². The van der Waals surface area contributed by atoms with Crippen LogP contribution in [0, 0.1) is 5.92 Å². The van der Waals surface area contributed by atoms with Gasteiger partial charge in [0.2, 0.25) is 0 Å². The fourth-order valence-electron chi connectivity index (χ4n) is 3.67. The molecular weight excluding hydrogens is 412 g/mol. The van der Waals surface area contributed by atoms with Crippen LogP contribution < -0.4 is 0 Å². The maximum Gasteiger partial charge on any atom is 0.197 e. The Hall–Kier alpha value is -1.96. The van der Waals surface area contributed by atoms with Crippen molar-refractivity contribution in [3.63, 3.8) is 0 Å². The minimum absolute atomic E-state index is 0.0364. The van der Waals surface area contributed by atoms with Crippen molar-refractivity contribution in [2.45, 2.75) is 31.3 Å². The molecule has 0 fully saturated rings. The van der Waals surface area contributed by atoms with Crippen molar-refractivity contribution in [3.8, 4) is 0 Å². The van der Waals surface area contributed by atoms with Crippen molar-refractivity contribution in [1.29, 1.82) is 0 Å². The molecule has 8 heteroatoms. The molecular formula is C20H17ClN4OS2. The second-order valence-corrected chi connectivity index (χ2v) is 9.63. The molecule has 0 saturated carbocycles. The first-order valence-corrected chi connectivity index (χ1v) is 11.3. The summed E-state index contributed by atoms with van der Waals surface area (Å²) < 4.78 is 1.91. The van der Waals surface area contributed by atoms with Crippen LogP contribution in [-0.2, 0) is 12.8 Å². The fraction of sp³-hybridized carbons (Fsp3) is 0.300. The number of hydrogen-bond acceptors (Lipinski definition) is 6. The largest absolute Gasteiger partial charge is 0.293 e. The van der Waals surface area contributed by atoms with Gasteiger partial charge in [0.25, 0.3) is 0 Å². The Bertz CT molecular complexity index is 1200. The summed E-state index contributed by atoms with van der Waals surface area (Å²) in [6, 6.07) is 6.95. The van der Waals surface area contributed by atoms with E-state index in [1.54, 1.807) is 41.9 Å². The number of hydrogen-bond donors (Lipinski definition) is 0. The second kappa shape index (κ2) is 7.13. The summed E-state index contributed by atoms with van der Waals surface area (Å²) in [5, 5.41) is 11.2. The predicted molar refractivity (Wildman–Crippen MR) is 114 cm³/mol.